The number of carbonyl (C=O) groups is 2. The van der Waals surface area contributed by atoms with Crippen molar-refractivity contribution < 1.29 is 9.59 Å². The second-order valence-corrected chi connectivity index (χ2v) is 7.22. The molecule has 3 aromatic rings. The van der Waals surface area contributed by atoms with Crippen molar-refractivity contribution in [3.8, 4) is 0 Å². The van der Waals surface area contributed by atoms with E-state index in [0.29, 0.717) is 5.56 Å². The highest BCUT2D eigenvalue weighted by molar-refractivity contribution is 5.98. The number of benzene rings is 2. The number of imidazole rings is 1. The smallest absolute Gasteiger partial charge is 0.221 e. The minimum atomic E-state index is -0.223. The number of hydrogen-bond donors (Lipinski definition) is 2. The SMILES string of the molecule is Cc1ccc(C(=O)CCC(=O)NC(c2nc3ccccc3[nH]2)C(C)C)cc1. The van der Waals surface area contributed by atoms with Crippen LogP contribution >= 0.6 is 0 Å². The Kier molecular flexibility index (Phi) is 5.69. The number of aromatic amines is 1. The van der Waals surface area contributed by atoms with Crippen LogP contribution in [-0.4, -0.2) is 21.7 Å². The summed E-state index contributed by atoms with van der Waals surface area (Å²) in [5.74, 6) is 0.747. The number of H-pyrrole nitrogens is 1. The van der Waals surface area contributed by atoms with Gasteiger partial charge in [-0.25, -0.2) is 4.98 Å². The molecule has 140 valence electrons. The third kappa shape index (κ3) is 4.61. The molecule has 1 aromatic heterocycles. The molecule has 0 bridgehead atoms. The van der Waals surface area contributed by atoms with Crippen molar-refractivity contribution in [1.82, 2.24) is 15.3 Å². The van der Waals surface area contributed by atoms with Crippen molar-refractivity contribution in [2.24, 2.45) is 5.92 Å². The molecule has 0 spiro atoms. The minimum Gasteiger partial charge on any atom is -0.346 e. The van der Waals surface area contributed by atoms with E-state index < -0.39 is 0 Å². The van der Waals surface area contributed by atoms with Crippen molar-refractivity contribution in [2.75, 3.05) is 0 Å². The van der Waals surface area contributed by atoms with Crippen LogP contribution in [0.3, 0.4) is 0 Å². The number of para-hydroxylation sites is 2. The fraction of sp³-hybridized carbons (Fsp3) is 0.318. The lowest BCUT2D eigenvalue weighted by Gasteiger charge is -2.20. The van der Waals surface area contributed by atoms with Crippen molar-refractivity contribution in [1.29, 1.82) is 0 Å². The molecule has 0 saturated carbocycles. The molecule has 5 nitrogen and oxygen atoms in total. The van der Waals surface area contributed by atoms with Crippen LogP contribution in [0.25, 0.3) is 11.0 Å². The first-order valence-corrected chi connectivity index (χ1v) is 9.28. The van der Waals surface area contributed by atoms with Gasteiger partial charge in [0.15, 0.2) is 5.78 Å². The van der Waals surface area contributed by atoms with Gasteiger partial charge in [-0.05, 0) is 25.0 Å². The lowest BCUT2D eigenvalue weighted by Crippen LogP contribution is -2.32. The van der Waals surface area contributed by atoms with Gasteiger partial charge in [0.2, 0.25) is 5.91 Å². The van der Waals surface area contributed by atoms with Crippen molar-refractivity contribution in [3.05, 3.63) is 65.5 Å². The molecule has 3 rings (SSSR count). The highest BCUT2D eigenvalue weighted by Gasteiger charge is 2.22. The van der Waals surface area contributed by atoms with E-state index in [1.54, 1.807) is 12.1 Å². The van der Waals surface area contributed by atoms with Crippen LogP contribution in [0.1, 0.15) is 54.5 Å². The summed E-state index contributed by atoms with van der Waals surface area (Å²) >= 11 is 0. The largest absolute Gasteiger partial charge is 0.346 e. The van der Waals surface area contributed by atoms with Crippen molar-refractivity contribution in [2.45, 2.75) is 39.7 Å². The number of nitrogens with zero attached hydrogens (tertiary/aromatic N) is 1. The monoisotopic (exact) mass is 363 g/mol. The number of ketones is 1. The predicted molar refractivity (Wildman–Crippen MR) is 107 cm³/mol. The average molecular weight is 363 g/mol. The minimum absolute atomic E-state index is 0.0185. The fourth-order valence-corrected chi connectivity index (χ4v) is 3.03. The second kappa shape index (κ2) is 8.16. The molecule has 2 aromatic carbocycles. The van der Waals surface area contributed by atoms with Gasteiger partial charge in [-0.3, -0.25) is 9.59 Å². The van der Waals surface area contributed by atoms with Crippen LogP contribution in [0, 0.1) is 12.8 Å². The Hall–Kier alpha value is -2.95. The Morgan fingerprint density at radius 3 is 2.41 bits per heavy atom. The molecule has 1 heterocycles. The molecule has 0 fully saturated rings. The van der Waals surface area contributed by atoms with Gasteiger partial charge in [-0.15, -0.1) is 0 Å². The van der Waals surface area contributed by atoms with Gasteiger partial charge >= 0.3 is 0 Å². The Bertz CT molecular complexity index is 909. The van der Waals surface area contributed by atoms with Gasteiger partial charge < -0.3 is 10.3 Å². The van der Waals surface area contributed by atoms with Crippen LogP contribution in [0.15, 0.2) is 48.5 Å². The van der Waals surface area contributed by atoms with Gasteiger partial charge in [0.1, 0.15) is 5.82 Å². The zero-order valence-electron chi connectivity index (χ0n) is 16.0. The molecule has 1 atom stereocenters. The quantitative estimate of drug-likeness (QED) is 0.613. The summed E-state index contributed by atoms with van der Waals surface area (Å²) in [4.78, 5) is 32.6. The Morgan fingerprint density at radius 2 is 1.74 bits per heavy atom. The molecular weight excluding hydrogens is 338 g/mol. The van der Waals surface area contributed by atoms with E-state index >= 15 is 0 Å². The molecule has 2 N–H and O–H groups in total. The summed E-state index contributed by atoms with van der Waals surface area (Å²) in [5, 5.41) is 3.02. The molecule has 0 aliphatic rings. The van der Waals surface area contributed by atoms with E-state index in [2.05, 4.69) is 15.3 Å². The number of nitrogens with one attached hydrogen (secondary N) is 2. The van der Waals surface area contributed by atoms with Crippen LogP contribution in [0.2, 0.25) is 0 Å². The standard InChI is InChI=1S/C22H25N3O2/c1-14(2)21(22-23-17-6-4-5-7-18(17)24-22)25-20(27)13-12-19(26)16-10-8-15(3)9-11-16/h4-11,14,21H,12-13H2,1-3H3,(H,23,24)(H,25,27). The first kappa shape index (κ1) is 18.8. The average Bonchev–Trinajstić information content (AvgIpc) is 3.08. The highest BCUT2D eigenvalue weighted by atomic mass is 16.2. The third-order valence-corrected chi connectivity index (χ3v) is 4.64. The fourth-order valence-electron chi connectivity index (χ4n) is 3.03. The van der Waals surface area contributed by atoms with Gasteiger partial charge in [0.05, 0.1) is 17.1 Å². The maximum atomic E-state index is 12.4. The summed E-state index contributed by atoms with van der Waals surface area (Å²) < 4.78 is 0. The third-order valence-electron chi connectivity index (χ3n) is 4.64. The number of Topliss-reactive ketones (excluding diaryl/α,β-unsaturated/α-hetero) is 1. The van der Waals surface area contributed by atoms with E-state index in [1.807, 2.05) is 57.2 Å². The topological polar surface area (TPSA) is 74.8 Å². The number of amides is 1. The summed E-state index contributed by atoms with van der Waals surface area (Å²) in [6.45, 7) is 6.05. The number of hydrogen-bond acceptors (Lipinski definition) is 3. The molecule has 0 aliphatic heterocycles. The molecule has 1 amide bonds. The second-order valence-electron chi connectivity index (χ2n) is 7.22. The number of rotatable bonds is 7. The van der Waals surface area contributed by atoms with Crippen LogP contribution < -0.4 is 5.32 Å². The van der Waals surface area contributed by atoms with E-state index in [9.17, 15) is 9.59 Å². The predicted octanol–water partition coefficient (Wildman–Crippen LogP) is 4.35. The zero-order valence-corrected chi connectivity index (χ0v) is 16.0. The number of aryl methyl sites for hydroxylation is 1. The number of fused-ring (bicyclic) bond motifs is 1. The Labute approximate surface area is 159 Å². The van der Waals surface area contributed by atoms with Gasteiger partial charge in [0, 0.05) is 18.4 Å². The van der Waals surface area contributed by atoms with Crippen molar-refractivity contribution in [3.63, 3.8) is 0 Å². The van der Waals surface area contributed by atoms with E-state index in [4.69, 9.17) is 0 Å². The summed E-state index contributed by atoms with van der Waals surface area (Å²) in [6, 6.07) is 15.0. The van der Waals surface area contributed by atoms with Gasteiger partial charge in [0.25, 0.3) is 0 Å². The van der Waals surface area contributed by atoms with Crippen molar-refractivity contribution >= 4 is 22.7 Å². The van der Waals surface area contributed by atoms with Crippen LogP contribution in [0.4, 0.5) is 0 Å². The maximum absolute atomic E-state index is 12.4. The first-order chi connectivity index (χ1) is 12.9. The normalized spacial score (nSPS) is 12.3. The molecular formula is C22H25N3O2. The Balaban J connectivity index is 1.63. The molecule has 27 heavy (non-hydrogen) atoms. The highest BCUT2D eigenvalue weighted by Crippen LogP contribution is 2.22. The van der Waals surface area contributed by atoms with E-state index in [-0.39, 0.29) is 36.5 Å². The summed E-state index contributed by atoms with van der Waals surface area (Å²) in [6.07, 6.45) is 0.357. The molecule has 0 aliphatic carbocycles. The summed E-state index contributed by atoms with van der Waals surface area (Å²) in [7, 11) is 0. The summed E-state index contributed by atoms with van der Waals surface area (Å²) in [5.41, 5.74) is 3.57. The van der Waals surface area contributed by atoms with E-state index in [0.717, 1.165) is 22.4 Å². The molecule has 5 heteroatoms. The zero-order chi connectivity index (χ0) is 19.4. The number of carbonyl (C=O) groups excluding carboxylic acids is 2. The van der Waals surface area contributed by atoms with E-state index in [1.165, 1.54) is 0 Å². The molecule has 1 unspecified atom stereocenters. The first-order valence-electron chi connectivity index (χ1n) is 9.28. The maximum Gasteiger partial charge on any atom is 0.221 e. The molecule has 0 saturated heterocycles. The van der Waals surface area contributed by atoms with Gasteiger partial charge in [-0.1, -0.05) is 55.8 Å². The lowest BCUT2D eigenvalue weighted by molar-refractivity contribution is -0.122. The molecule has 0 radical (unpaired) electrons. The van der Waals surface area contributed by atoms with Crippen LogP contribution in [-0.2, 0) is 4.79 Å². The lowest BCUT2D eigenvalue weighted by atomic mass is 10.0. The Morgan fingerprint density at radius 1 is 1.04 bits per heavy atom. The van der Waals surface area contributed by atoms with Crippen LogP contribution in [0.5, 0.6) is 0 Å². The number of aromatic nitrogens is 2. The van der Waals surface area contributed by atoms with Gasteiger partial charge in [-0.2, -0.15) is 0 Å².